The number of hydrogen-bond donors (Lipinski definition) is 1. The molecule has 0 saturated carbocycles. The van der Waals surface area contributed by atoms with E-state index in [1.54, 1.807) is 6.08 Å². The number of rotatable bonds is 3. The monoisotopic (exact) mass is 178 g/mol. The fourth-order valence-corrected chi connectivity index (χ4v) is 0.963. The van der Waals surface area contributed by atoms with Crippen LogP contribution in [0, 0.1) is 0 Å². The molecule has 1 rings (SSSR count). The topological polar surface area (TPSA) is 54.6 Å². The van der Waals surface area contributed by atoms with Gasteiger partial charge in [0.2, 0.25) is 5.75 Å². The molecule has 0 atom stereocenters. The Balaban J connectivity index is 3.30. The summed E-state index contributed by atoms with van der Waals surface area (Å²) >= 11 is 0. The lowest BCUT2D eigenvalue weighted by Crippen LogP contribution is -2.17. The molecule has 0 aliphatic rings. The Bertz CT molecular complexity index is 393. The van der Waals surface area contributed by atoms with Crippen LogP contribution in [0.15, 0.2) is 34.7 Å². The van der Waals surface area contributed by atoms with E-state index in [0.717, 1.165) is 0 Å². The smallest absolute Gasteiger partial charge is 0.295 e. The number of pyridine rings is 1. The number of hydrogen-bond acceptors (Lipinski definition) is 3. The molecule has 0 radical (unpaired) electrons. The van der Waals surface area contributed by atoms with Crippen LogP contribution in [0.3, 0.4) is 0 Å². The van der Waals surface area contributed by atoms with E-state index in [1.807, 2.05) is 0 Å². The van der Waals surface area contributed by atoms with Crippen LogP contribution < -0.4 is 5.56 Å². The lowest BCUT2D eigenvalue weighted by atomic mass is 10.3. The zero-order chi connectivity index (χ0) is 9.84. The molecule has 13 heavy (non-hydrogen) atoms. The van der Waals surface area contributed by atoms with Crippen molar-refractivity contribution < 1.29 is 5.11 Å². The predicted molar refractivity (Wildman–Crippen MR) is 51.8 cm³/mol. The van der Waals surface area contributed by atoms with E-state index >= 15 is 0 Å². The summed E-state index contributed by atoms with van der Waals surface area (Å²) in [6.45, 7) is 7.09. The fraction of sp³-hybridized carbons (Fsp3) is 0.111. The molecule has 1 N–H and O–H groups in total. The van der Waals surface area contributed by atoms with Crippen molar-refractivity contribution in [1.29, 1.82) is 0 Å². The van der Waals surface area contributed by atoms with Gasteiger partial charge >= 0.3 is 0 Å². The second-order valence-electron chi connectivity index (χ2n) is 2.45. The van der Waals surface area contributed by atoms with Gasteiger partial charge in [0.05, 0.1) is 0 Å². The molecule has 4 nitrogen and oxygen atoms in total. The molecule has 0 saturated heterocycles. The summed E-state index contributed by atoms with van der Waals surface area (Å²) in [5.74, 6) is -0.376. The van der Waals surface area contributed by atoms with E-state index < -0.39 is 5.56 Å². The standard InChI is InChI=1S/C9H10N2O2/c1-3-5-11-6-4-7(10-2)8(12)9(11)13/h3-4,6,12H,1-2,5H2. The minimum atomic E-state index is -0.482. The van der Waals surface area contributed by atoms with E-state index in [0.29, 0.717) is 6.54 Å². The van der Waals surface area contributed by atoms with E-state index in [1.165, 1.54) is 16.8 Å². The lowest BCUT2D eigenvalue weighted by molar-refractivity contribution is 0.461. The number of aliphatic imine (C=N–C) groups is 1. The average Bonchev–Trinajstić information content (AvgIpc) is 2.14. The lowest BCUT2D eigenvalue weighted by Gasteiger charge is -2.03. The predicted octanol–water partition coefficient (Wildman–Crippen LogP) is 1.07. The molecule has 68 valence electrons. The summed E-state index contributed by atoms with van der Waals surface area (Å²) in [4.78, 5) is 14.8. The van der Waals surface area contributed by atoms with Crippen LogP contribution in [0.1, 0.15) is 0 Å². The minimum absolute atomic E-state index is 0.199. The first-order valence-corrected chi connectivity index (χ1v) is 3.70. The highest BCUT2D eigenvalue weighted by Gasteiger charge is 2.05. The molecule has 0 amide bonds. The molecule has 0 aliphatic heterocycles. The second-order valence-corrected chi connectivity index (χ2v) is 2.45. The third-order valence-electron chi connectivity index (χ3n) is 1.61. The second kappa shape index (κ2) is 3.71. The average molecular weight is 178 g/mol. The first-order chi connectivity index (χ1) is 6.20. The van der Waals surface area contributed by atoms with Gasteiger partial charge in [-0.2, -0.15) is 0 Å². The maximum Gasteiger partial charge on any atom is 0.295 e. The van der Waals surface area contributed by atoms with Crippen LogP contribution >= 0.6 is 0 Å². The first kappa shape index (κ1) is 9.25. The van der Waals surface area contributed by atoms with E-state index in [2.05, 4.69) is 18.3 Å². The highest BCUT2D eigenvalue weighted by molar-refractivity contribution is 5.53. The molecule has 4 heteroatoms. The van der Waals surface area contributed by atoms with Crippen LogP contribution in [-0.2, 0) is 6.54 Å². The maximum absolute atomic E-state index is 11.3. The van der Waals surface area contributed by atoms with E-state index in [-0.39, 0.29) is 11.4 Å². The fourth-order valence-electron chi connectivity index (χ4n) is 0.963. The van der Waals surface area contributed by atoms with Crippen molar-refractivity contribution in [2.24, 2.45) is 4.99 Å². The van der Waals surface area contributed by atoms with Crippen molar-refractivity contribution >= 4 is 12.4 Å². The van der Waals surface area contributed by atoms with Crippen molar-refractivity contribution in [2.75, 3.05) is 0 Å². The zero-order valence-corrected chi connectivity index (χ0v) is 7.10. The molecule has 0 spiro atoms. The maximum atomic E-state index is 11.3. The normalized spacial score (nSPS) is 9.54. The molecular formula is C9H10N2O2. The van der Waals surface area contributed by atoms with E-state index in [9.17, 15) is 9.90 Å². The van der Waals surface area contributed by atoms with Gasteiger partial charge in [0.1, 0.15) is 5.69 Å². The Morgan fingerprint density at radius 3 is 2.92 bits per heavy atom. The van der Waals surface area contributed by atoms with E-state index in [4.69, 9.17) is 0 Å². The van der Waals surface area contributed by atoms with Gasteiger partial charge in [-0.05, 0) is 12.8 Å². The summed E-state index contributed by atoms with van der Waals surface area (Å²) in [5.41, 5.74) is -0.282. The number of allylic oxidation sites excluding steroid dienone is 1. The third-order valence-corrected chi connectivity index (χ3v) is 1.61. The molecule has 1 aromatic heterocycles. The van der Waals surface area contributed by atoms with Crippen LogP contribution in [0.2, 0.25) is 0 Å². The van der Waals surface area contributed by atoms with Crippen LogP contribution in [0.4, 0.5) is 5.69 Å². The summed E-state index contributed by atoms with van der Waals surface area (Å²) in [6, 6.07) is 1.52. The molecule has 0 fully saturated rings. The number of aromatic nitrogens is 1. The molecule has 0 unspecified atom stereocenters. The summed E-state index contributed by atoms with van der Waals surface area (Å²) in [6.07, 6.45) is 3.11. The SMILES string of the molecule is C=CCn1ccc(N=C)c(O)c1=O. The van der Waals surface area contributed by atoms with Gasteiger partial charge < -0.3 is 9.67 Å². The highest BCUT2D eigenvalue weighted by atomic mass is 16.3. The van der Waals surface area contributed by atoms with Crippen molar-refractivity contribution in [3.8, 4) is 5.75 Å². The Morgan fingerprint density at radius 2 is 2.38 bits per heavy atom. The highest BCUT2D eigenvalue weighted by Crippen LogP contribution is 2.19. The summed E-state index contributed by atoms with van der Waals surface area (Å²) in [5, 5.41) is 9.30. The Kier molecular flexibility index (Phi) is 2.64. The van der Waals surface area contributed by atoms with Crippen molar-refractivity contribution in [1.82, 2.24) is 4.57 Å². The van der Waals surface area contributed by atoms with Gasteiger partial charge in [-0.15, -0.1) is 6.58 Å². The quantitative estimate of drug-likeness (QED) is 0.556. The molecule has 1 aromatic rings. The van der Waals surface area contributed by atoms with Crippen LogP contribution in [-0.4, -0.2) is 16.4 Å². The van der Waals surface area contributed by atoms with Gasteiger partial charge in [-0.25, -0.2) is 0 Å². The number of aromatic hydroxyl groups is 1. The number of nitrogens with zero attached hydrogens (tertiary/aromatic N) is 2. The minimum Gasteiger partial charge on any atom is -0.502 e. The van der Waals surface area contributed by atoms with Crippen LogP contribution in [0.25, 0.3) is 0 Å². The molecule has 1 heterocycles. The first-order valence-electron chi connectivity index (χ1n) is 3.70. The van der Waals surface area contributed by atoms with Gasteiger partial charge in [-0.1, -0.05) is 6.08 Å². The van der Waals surface area contributed by atoms with Gasteiger partial charge in [0.15, 0.2) is 0 Å². The Morgan fingerprint density at radius 1 is 1.69 bits per heavy atom. The van der Waals surface area contributed by atoms with Gasteiger partial charge in [0, 0.05) is 12.7 Å². The Hall–Kier alpha value is -1.84. The zero-order valence-electron chi connectivity index (χ0n) is 7.10. The Labute approximate surface area is 75.5 Å². The van der Waals surface area contributed by atoms with Crippen molar-refractivity contribution in [3.63, 3.8) is 0 Å². The third kappa shape index (κ3) is 1.66. The molecule has 0 aromatic carbocycles. The molecule has 0 bridgehead atoms. The van der Waals surface area contributed by atoms with Crippen molar-refractivity contribution in [3.05, 3.63) is 35.3 Å². The van der Waals surface area contributed by atoms with Gasteiger partial charge in [-0.3, -0.25) is 9.79 Å². The summed E-state index contributed by atoms with van der Waals surface area (Å²) < 4.78 is 1.33. The molecular weight excluding hydrogens is 168 g/mol. The largest absolute Gasteiger partial charge is 0.502 e. The molecule has 0 aliphatic carbocycles. The van der Waals surface area contributed by atoms with Crippen molar-refractivity contribution in [2.45, 2.75) is 6.54 Å². The summed E-state index contributed by atoms with van der Waals surface area (Å²) in [7, 11) is 0. The van der Waals surface area contributed by atoms with Crippen LogP contribution in [0.5, 0.6) is 5.75 Å². The van der Waals surface area contributed by atoms with Gasteiger partial charge in [0.25, 0.3) is 5.56 Å².